The number of halogens is 1. The van der Waals surface area contributed by atoms with Crippen LogP contribution in [-0.2, 0) is 9.53 Å². The molecule has 114 valence electrons. The zero-order chi connectivity index (χ0) is 15.2. The molecule has 4 nitrogen and oxygen atoms in total. The molecule has 1 aromatic carbocycles. The molecule has 0 radical (unpaired) electrons. The number of ether oxygens (including phenoxy) is 1. The van der Waals surface area contributed by atoms with Gasteiger partial charge in [-0.3, -0.25) is 9.59 Å². The Morgan fingerprint density at radius 3 is 2.71 bits per heavy atom. The second kappa shape index (κ2) is 7.77. The number of amides is 1. The average molecular weight is 401 g/mol. The van der Waals surface area contributed by atoms with Crippen LogP contribution in [-0.4, -0.2) is 25.5 Å². The van der Waals surface area contributed by atoms with Crippen molar-refractivity contribution in [2.24, 2.45) is 11.8 Å². The molecule has 1 amide bonds. The summed E-state index contributed by atoms with van der Waals surface area (Å²) in [6.45, 7) is 0.531. The lowest BCUT2D eigenvalue weighted by Gasteiger charge is -2.29. The molecule has 0 saturated heterocycles. The van der Waals surface area contributed by atoms with Crippen LogP contribution in [0.1, 0.15) is 36.0 Å². The standard InChI is InChI=1S/C16H20INO3/c1-21-16(20)12-7-3-2-6-11(12)10-18-15(19)13-8-4-5-9-14(13)17/h4-5,8-9,11-12H,2-3,6-7,10H2,1H3,(H,18,19). The number of carbonyl (C=O) groups is 2. The molecule has 0 aliphatic heterocycles. The number of rotatable bonds is 4. The lowest BCUT2D eigenvalue weighted by atomic mass is 9.79. The maximum atomic E-state index is 12.2. The molecule has 1 fully saturated rings. The molecule has 1 N–H and O–H groups in total. The molecule has 0 bridgehead atoms. The fraction of sp³-hybridized carbons (Fsp3) is 0.500. The van der Waals surface area contributed by atoms with Gasteiger partial charge in [0.05, 0.1) is 18.6 Å². The highest BCUT2D eigenvalue weighted by atomic mass is 127. The average Bonchev–Trinajstić information content (AvgIpc) is 2.52. The third-order valence-corrected chi connectivity index (χ3v) is 5.00. The third kappa shape index (κ3) is 4.18. The Labute approximate surface area is 138 Å². The number of esters is 1. The predicted octanol–water partition coefficient (Wildman–Crippen LogP) is 3.00. The third-order valence-electron chi connectivity index (χ3n) is 4.06. The Bertz CT molecular complexity index is 518. The van der Waals surface area contributed by atoms with Crippen molar-refractivity contribution in [3.63, 3.8) is 0 Å². The van der Waals surface area contributed by atoms with E-state index in [0.717, 1.165) is 29.3 Å². The van der Waals surface area contributed by atoms with E-state index in [1.54, 1.807) is 0 Å². The SMILES string of the molecule is COC(=O)C1CCCCC1CNC(=O)c1ccccc1I. The predicted molar refractivity (Wildman–Crippen MR) is 89.0 cm³/mol. The van der Waals surface area contributed by atoms with E-state index in [9.17, 15) is 9.59 Å². The van der Waals surface area contributed by atoms with Crippen LogP contribution >= 0.6 is 22.6 Å². The summed E-state index contributed by atoms with van der Waals surface area (Å²) in [6, 6.07) is 7.49. The Morgan fingerprint density at radius 2 is 2.00 bits per heavy atom. The second-order valence-electron chi connectivity index (χ2n) is 5.36. The van der Waals surface area contributed by atoms with Gasteiger partial charge in [0.15, 0.2) is 0 Å². The van der Waals surface area contributed by atoms with Gasteiger partial charge < -0.3 is 10.1 Å². The fourth-order valence-corrected chi connectivity index (χ4v) is 3.51. The van der Waals surface area contributed by atoms with Crippen molar-refractivity contribution in [3.05, 3.63) is 33.4 Å². The van der Waals surface area contributed by atoms with Crippen molar-refractivity contribution in [1.29, 1.82) is 0 Å². The minimum absolute atomic E-state index is 0.0748. The fourth-order valence-electron chi connectivity index (χ4n) is 2.88. The molecule has 1 aliphatic carbocycles. The van der Waals surface area contributed by atoms with Gasteiger partial charge in [-0.2, -0.15) is 0 Å². The molecule has 2 rings (SSSR count). The zero-order valence-electron chi connectivity index (χ0n) is 12.1. The summed E-state index contributed by atoms with van der Waals surface area (Å²) in [6.07, 6.45) is 3.99. The summed E-state index contributed by atoms with van der Waals surface area (Å²) in [5.41, 5.74) is 0.684. The summed E-state index contributed by atoms with van der Waals surface area (Å²) >= 11 is 2.16. The quantitative estimate of drug-likeness (QED) is 0.624. The first kappa shape index (κ1) is 16.3. The first-order valence-electron chi connectivity index (χ1n) is 7.24. The topological polar surface area (TPSA) is 55.4 Å². The summed E-state index contributed by atoms with van der Waals surface area (Å²) < 4.78 is 5.81. The molecule has 1 aromatic rings. The molecule has 1 aliphatic rings. The van der Waals surface area contributed by atoms with Gasteiger partial charge in [0.1, 0.15) is 0 Å². The normalized spacial score (nSPS) is 21.6. The first-order chi connectivity index (χ1) is 10.1. The highest BCUT2D eigenvalue weighted by Crippen LogP contribution is 2.30. The van der Waals surface area contributed by atoms with Crippen LogP contribution in [0.25, 0.3) is 0 Å². The van der Waals surface area contributed by atoms with E-state index in [-0.39, 0.29) is 23.7 Å². The van der Waals surface area contributed by atoms with E-state index in [0.29, 0.717) is 12.1 Å². The van der Waals surface area contributed by atoms with Crippen molar-refractivity contribution in [2.75, 3.05) is 13.7 Å². The maximum Gasteiger partial charge on any atom is 0.309 e. The molecule has 0 heterocycles. The zero-order valence-corrected chi connectivity index (χ0v) is 14.3. The molecule has 5 heteroatoms. The van der Waals surface area contributed by atoms with Crippen LogP contribution in [0.4, 0.5) is 0 Å². The number of nitrogens with one attached hydrogen (secondary N) is 1. The minimum atomic E-state index is -0.150. The Hall–Kier alpha value is -1.11. The van der Waals surface area contributed by atoms with E-state index < -0.39 is 0 Å². The van der Waals surface area contributed by atoms with Crippen LogP contribution in [0.5, 0.6) is 0 Å². The van der Waals surface area contributed by atoms with E-state index in [2.05, 4.69) is 27.9 Å². The largest absolute Gasteiger partial charge is 0.469 e. The molecule has 1 saturated carbocycles. The first-order valence-corrected chi connectivity index (χ1v) is 8.32. The second-order valence-corrected chi connectivity index (χ2v) is 6.53. The summed E-state index contributed by atoms with van der Waals surface area (Å²) in [4.78, 5) is 24.0. The molecule has 2 unspecified atom stereocenters. The number of hydrogen-bond acceptors (Lipinski definition) is 3. The molecule has 0 spiro atoms. The van der Waals surface area contributed by atoms with Crippen LogP contribution < -0.4 is 5.32 Å². The summed E-state index contributed by atoms with van der Waals surface area (Å²) in [5, 5.41) is 2.97. The van der Waals surface area contributed by atoms with Crippen molar-refractivity contribution in [1.82, 2.24) is 5.32 Å². The van der Waals surface area contributed by atoms with Crippen molar-refractivity contribution in [3.8, 4) is 0 Å². The van der Waals surface area contributed by atoms with Gasteiger partial charge in [-0.25, -0.2) is 0 Å². The number of hydrogen-bond donors (Lipinski definition) is 1. The van der Waals surface area contributed by atoms with Gasteiger partial charge in [-0.15, -0.1) is 0 Å². The van der Waals surface area contributed by atoms with Gasteiger partial charge in [0.25, 0.3) is 5.91 Å². The van der Waals surface area contributed by atoms with Crippen LogP contribution in [0.3, 0.4) is 0 Å². The van der Waals surface area contributed by atoms with E-state index in [1.165, 1.54) is 7.11 Å². The van der Waals surface area contributed by atoms with Gasteiger partial charge in [0, 0.05) is 10.1 Å². The van der Waals surface area contributed by atoms with Crippen LogP contribution in [0, 0.1) is 15.4 Å². The lowest BCUT2D eigenvalue weighted by molar-refractivity contribution is -0.148. The number of carbonyl (C=O) groups excluding carboxylic acids is 2. The lowest BCUT2D eigenvalue weighted by Crippen LogP contribution is -2.37. The molecular weight excluding hydrogens is 381 g/mol. The number of benzene rings is 1. The molecule has 21 heavy (non-hydrogen) atoms. The van der Waals surface area contributed by atoms with E-state index in [1.807, 2.05) is 24.3 Å². The van der Waals surface area contributed by atoms with Gasteiger partial charge >= 0.3 is 5.97 Å². The Balaban J connectivity index is 1.96. The molecular formula is C16H20INO3. The van der Waals surface area contributed by atoms with Gasteiger partial charge in [-0.1, -0.05) is 25.0 Å². The highest BCUT2D eigenvalue weighted by Gasteiger charge is 2.31. The van der Waals surface area contributed by atoms with Gasteiger partial charge in [-0.05, 0) is 53.5 Å². The Kier molecular flexibility index (Phi) is 6.02. The summed E-state index contributed by atoms with van der Waals surface area (Å²) in [5.74, 6) is -0.132. The maximum absolute atomic E-state index is 12.2. The summed E-state index contributed by atoms with van der Waals surface area (Å²) in [7, 11) is 1.43. The van der Waals surface area contributed by atoms with Crippen molar-refractivity contribution >= 4 is 34.5 Å². The van der Waals surface area contributed by atoms with Crippen molar-refractivity contribution in [2.45, 2.75) is 25.7 Å². The highest BCUT2D eigenvalue weighted by molar-refractivity contribution is 14.1. The van der Waals surface area contributed by atoms with Crippen LogP contribution in [0.15, 0.2) is 24.3 Å². The number of methoxy groups -OCH3 is 1. The van der Waals surface area contributed by atoms with Gasteiger partial charge in [0.2, 0.25) is 0 Å². The van der Waals surface area contributed by atoms with E-state index in [4.69, 9.17) is 4.74 Å². The van der Waals surface area contributed by atoms with E-state index >= 15 is 0 Å². The minimum Gasteiger partial charge on any atom is -0.469 e. The monoisotopic (exact) mass is 401 g/mol. The van der Waals surface area contributed by atoms with Crippen molar-refractivity contribution < 1.29 is 14.3 Å². The smallest absolute Gasteiger partial charge is 0.309 e. The molecule has 0 aromatic heterocycles. The molecule has 2 atom stereocenters. The van der Waals surface area contributed by atoms with Crippen LogP contribution in [0.2, 0.25) is 0 Å². The Morgan fingerprint density at radius 1 is 1.29 bits per heavy atom.